The lowest BCUT2D eigenvalue weighted by Crippen LogP contribution is -2.47. The summed E-state index contributed by atoms with van der Waals surface area (Å²) in [5, 5.41) is 2.77. The largest absolute Gasteiger partial charge is 0.355 e. The number of carbonyl (C=O) groups excluding carboxylic acids is 2. The van der Waals surface area contributed by atoms with Crippen molar-refractivity contribution in [2.45, 2.75) is 52.6 Å². The first kappa shape index (κ1) is 26.4. The zero-order chi connectivity index (χ0) is 24.4. The Hall–Kier alpha value is -2.87. The van der Waals surface area contributed by atoms with E-state index in [1.54, 1.807) is 24.0 Å². The maximum absolute atomic E-state index is 13.1. The van der Waals surface area contributed by atoms with Crippen molar-refractivity contribution in [1.82, 2.24) is 10.2 Å². The van der Waals surface area contributed by atoms with Crippen LogP contribution in [0.4, 0.5) is 5.69 Å². The van der Waals surface area contributed by atoms with Gasteiger partial charge in [-0.1, -0.05) is 49.4 Å². The Morgan fingerprint density at radius 3 is 2.15 bits per heavy atom. The van der Waals surface area contributed by atoms with E-state index in [1.165, 1.54) is 10.6 Å². The summed E-state index contributed by atoms with van der Waals surface area (Å²) in [5.41, 5.74) is 2.63. The minimum Gasteiger partial charge on any atom is -0.355 e. The monoisotopic (exact) mass is 473 g/mol. The molecule has 0 saturated carbocycles. The van der Waals surface area contributed by atoms with Crippen LogP contribution in [0.25, 0.3) is 0 Å². The third-order valence-corrected chi connectivity index (χ3v) is 6.69. The summed E-state index contributed by atoms with van der Waals surface area (Å²) in [6.45, 7) is 6.57. The van der Waals surface area contributed by atoms with Crippen molar-refractivity contribution < 1.29 is 18.0 Å². The van der Waals surface area contributed by atoms with Gasteiger partial charge in [0.2, 0.25) is 21.8 Å². The lowest BCUT2D eigenvalue weighted by Gasteiger charge is -2.29. The smallest absolute Gasteiger partial charge is 0.242 e. The quantitative estimate of drug-likeness (QED) is 0.512. The van der Waals surface area contributed by atoms with Crippen molar-refractivity contribution in [2.75, 3.05) is 23.7 Å². The molecule has 0 aliphatic rings. The summed E-state index contributed by atoms with van der Waals surface area (Å²) in [6.07, 6.45) is 2.51. The fraction of sp³-hybridized carbons (Fsp3) is 0.440. The summed E-state index contributed by atoms with van der Waals surface area (Å²) in [5.74, 6) is -0.400. The summed E-state index contributed by atoms with van der Waals surface area (Å²) in [6, 6.07) is 16.3. The second kappa shape index (κ2) is 12.4. The second-order valence-electron chi connectivity index (χ2n) is 8.04. The number of anilines is 1. The maximum atomic E-state index is 13.1. The molecule has 33 heavy (non-hydrogen) atoms. The Balaban J connectivity index is 2.12. The number of rotatable bonds is 12. The lowest BCUT2D eigenvalue weighted by molar-refractivity contribution is -0.140. The molecule has 1 N–H and O–H groups in total. The normalized spacial score (nSPS) is 12.1. The highest BCUT2D eigenvalue weighted by atomic mass is 32.2. The summed E-state index contributed by atoms with van der Waals surface area (Å²) < 4.78 is 26.1. The van der Waals surface area contributed by atoms with E-state index in [9.17, 15) is 18.0 Å². The van der Waals surface area contributed by atoms with Crippen molar-refractivity contribution in [3.8, 4) is 0 Å². The van der Waals surface area contributed by atoms with Crippen LogP contribution in [-0.2, 0) is 32.6 Å². The average Bonchev–Trinajstić information content (AvgIpc) is 2.80. The van der Waals surface area contributed by atoms with E-state index in [2.05, 4.69) is 5.32 Å². The van der Waals surface area contributed by atoms with E-state index in [0.29, 0.717) is 25.2 Å². The highest BCUT2D eigenvalue weighted by molar-refractivity contribution is 7.92. The van der Waals surface area contributed by atoms with Gasteiger partial charge in [0, 0.05) is 26.1 Å². The third-order valence-electron chi connectivity index (χ3n) is 5.50. The van der Waals surface area contributed by atoms with Crippen molar-refractivity contribution in [1.29, 1.82) is 0 Å². The molecular formula is C25H35N3O4S. The summed E-state index contributed by atoms with van der Waals surface area (Å²) in [7, 11) is -3.50. The Bertz CT molecular complexity index is 1010. The summed E-state index contributed by atoms with van der Waals surface area (Å²) in [4.78, 5) is 27.1. The molecule has 0 unspecified atom stereocenters. The molecule has 7 nitrogen and oxygen atoms in total. The Kier molecular flexibility index (Phi) is 9.91. The van der Waals surface area contributed by atoms with Crippen LogP contribution in [0.15, 0.2) is 54.6 Å². The van der Waals surface area contributed by atoms with Crippen molar-refractivity contribution in [3.63, 3.8) is 0 Å². The molecule has 2 rings (SSSR count). The average molecular weight is 474 g/mol. The standard InChI is InChI=1S/C25H35N3O4S/c1-5-21-14-16-23(17-15-21)28(33(4,31)32)18-10-13-24(29)27(20(3)25(30)26-6-2)19-22-11-8-7-9-12-22/h7-9,11-12,14-17,20H,5-6,10,13,18-19H2,1-4H3,(H,26,30)/t20-/m1/s1. The van der Waals surface area contributed by atoms with Gasteiger partial charge in [-0.2, -0.15) is 0 Å². The van der Waals surface area contributed by atoms with E-state index in [4.69, 9.17) is 0 Å². The van der Waals surface area contributed by atoms with Crippen LogP contribution < -0.4 is 9.62 Å². The number of amides is 2. The van der Waals surface area contributed by atoms with Crippen LogP contribution in [0, 0.1) is 0 Å². The Morgan fingerprint density at radius 2 is 1.61 bits per heavy atom. The summed E-state index contributed by atoms with van der Waals surface area (Å²) >= 11 is 0. The Labute approximate surface area is 197 Å². The molecule has 0 aliphatic heterocycles. The number of likely N-dealkylation sites (N-methyl/N-ethyl adjacent to an activating group) is 1. The van der Waals surface area contributed by atoms with Crippen molar-refractivity contribution in [2.24, 2.45) is 0 Å². The minimum absolute atomic E-state index is 0.135. The molecule has 0 radical (unpaired) electrons. The number of benzene rings is 2. The highest BCUT2D eigenvalue weighted by Crippen LogP contribution is 2.20. The van der Waals surface area contributed by atoms with Crippen molar-refractivity contribution in [3.05, 3.63) is 65.7 Å². The van der Waals surface area contributed by atoms with Crippen LogP contribution in [-0.4, -0.2) is 50.5 Å². The first-order valence-electron chi connectivity index (χ1n) is 11.3. The van der Waals surface area contributed by atoms with Gasteiger partial charge in [0.05, 0.1) is 11.9 Å². The molecule has 0 spiro atoms. The molecule has 0 aliphatic carbocycles. The molecule has 0 fully saturated rings. The van der Waals surface area contributed by atoms with Gasteiger partial charge in [-0.25, -0.2) is 8.42 Å². The number of hydrogen-bond donors (Lipinski definition) is 1. The van der Waals surface area contributed by atoms with Gasteiger partial charge in [-0.3, -0.25) is 13.9 Å². The first-order valence-corrected chi connectivity index (χ1v) is 13.2. The molecular weight excluding hydrogens is 438 g/mol. The van der Waals surface area contributed by atoms with Gasteiger partial charge < -0.3 is 10.2 Å². The molecule has 180 valence electrons. The predicted octanol–water partition coefficient (Wildman–Crippen LogP) is 3.35. The molecule has 0 aromatic heterocycles. The number of sulfonamides is 1. The van der Waals surface area contributed by atoms with E-state index in [-0.39, 0.29) is 24.8 Å². The van der Waals surface area contributed by atoms with Gasteiger partial charge in [-0.05, 0) is 49.9 Å². The van der Waals surface area contributed by atoms with E-state index >= 15 is 0 Å². The zero-order valence-corrected chi connectivity index (χ0v) is 20.8. The topological polar surface area (TPSA) is 86.8 Å². The molecule has 0 heterocycles. The zero-order valence-electron chi connectivity index (χ0n) is 20.0. The molecule has 8 heteroatoms. The van der Waals surface area contributed by atoms with Crippen molar-refractivity contribution >= 4 is 27.5 Å². The van der Waals surface area contributed by atoms with Crippen LogP contribution in [0.1, 0.15) is 44.7 Å². The fourth-order valence-electron chi connectivity index (χ4n) is 3.59. The third kappa shape index (κ3) is 7.89. The maximum Gasteiger partial charge on any atom is 0.242 e. The number of carbonyl (C=O) groups is 2. The SMILES string of the molecule is CCNC(=O)[C@@H](C)N(Cc1ccccc1)C(=O)CCCN(c1ccc(CC)cc1)S(C)(=O)=O. The first-order chi connectivity index (χ1) is 15.7. The van der Waals surface area contributed by atoms with E-state index in [1.807, 2.05) is 56.3 Å². The molecule has 2 amide bonds. The predicted molar refractivity (Wildman–Crippen MR) is 132 cm³/mol. The highest BCUT2D eigenvalue weighted by Gasteiger charge is 2.26. The molecule has 0 bridgehead atoms. The molecule has 1 atom stereocenters. The molecule has 2 aromatic carbocycles. The Morgan fingerprint density at radius 1 is 0.970 bits per heavy atom. The van der Waals surface area contributed by atoms with Crippen LogP contribution >= 0.6 is 0 Å². The second-order valence-corrected chi connectivity index (χ2v) is 9.94. The van der Waals surface area contributed by atoms with E-state index in [0.717, 1.165) is 17.5 Å². The van der Waals surface area contributed by atoms with Gasteiger partial charge >= 0.3 is 0 Å². The lowest BCUT2D eigenvalue weighted by atomic mass is 10.1. The van der Waals surface area contributed by atoms with Crippen LogP contribution in [0.2, 0.25) is 0 Å². The van der Waals surface area contributed by atoms with Crippen LogP contribution in [0.5, 0.6) is 0 Å². The van der Waals surface area contributed by atoms with E-state index < -0.39 is 16.1 Å². The van der Waals surface area contributed by atoms with Gasteiger partial charge in [-0.15, -0.1) is 0 Å². The number of hydrogen-bond acceptors (Lipinski definition) is 4. The molecule has 0 saturated heterocycles. The number of nitrogens with one attached hydrogen (secondary N) is 1. The van der Waals surface area contributed by atoms with Gasteiger partial charge in [0.25, 0.3) is 0 Å². The number of nitrogens with zero attached hydrogens (tertiary/aromatic N) is 2. The molecule has 2 aromatic rings. The van der Waals surface area contributed by atoms with Crippen LogP contribution in [0.3, 0.4) is 0 Å². The minimum atomic E-state index is -3.50. The number of aryl methyl sites for hydroxylation is 1. The van der Waals surface area contributed by atoms with Gasteiger partial charge in [0.1, 0.15) is 6.04 Å². The van der Waals surface area contributed by atoms with Gasteiger partial charge in [0.15, 0.2) is 0 Å². The fourth-order valence-corrected chi connectivity index (χ4v) is 4.55.